The van der Waals surface area contributed by atoms with Crippen molar-refractivity contribution in [1.82, 2.24) is 9.97 Å². The number of nitrogens with one attached hydrogen (secondary N) is 1. The van der Waals surface area contributed by atoms with Crippen LogP contribution in [0.1, 0.15) is 0 Å². The van der Waals surface area contributed by atoms with Crippen molar-refractivity contribution in [3.05, 3.63) is 39.2 Å². The molecule has 0 aliphatic rings. The lowest BCUT2D eigenvalue weighted by Crippen LogP contribution is -2.01. The summed E-state index contributed by atoms with van der Waals surface area (Å²) in [5, 5.41) is 2.94. The highest BCUT2D eigenvalue weighted by atomic mass is 79.9. The first-order chi connectivity index (χ1) is 8.04. The van der Waals surface area contributed by atoms with Crippen LogP contribution in [0.15, 0.2) is 33.3 Å². The number of nitrogens with two attached hydrogens (primary N) is 1. The molecule has 0 amide bonds. The van der Waals surface area contributed by atoms with Crippen molar-refractivity contribution in [1.29, 1.82) is 0 Å². The molecular formula is C10H7Br2FN4. The molecule has 17 heavy (non-hydrogen) atoms. The molecule has 1 aromatic heterocycles. The molecule has 1 aromatic carbocycles. The molecule has 7 heteroatoms. The Morgan fingerprint density at radius 2 is 1.94 bits per heavy atom. The van der Waals surface area contributed by atoms with Gasteiger partial charge in [0.15, 0.2) is 0 Å². The standard InChI is InChI=1S/C10H7Br2FN4/c11-6-3-5(13)1-2-7(6)15-10-16-8(12)4-9(14)17-10/h1-4H,(H3,14,15,16,17). The lowest BCUT2D eigenvalue weighted by molar-refractivity contribution is 0.627. The molecule has 0 saturated heterocycles. The van der Waals surface area contributed by atoms with E-state index in [1.54, 1.807) is 12.1 Å². The fourth-order valence-electron chi connectivity index (χ4n) is 1.20. The largest absolute Gasteiger partial charge is 0.383 e. The van der Waals surface area contributed by atoms with Crippen molar-refractivity contribution in [3.8, 4) is 0 Å². The molecule has 0 spiro atoms. The first-order valence-electron chi connectivity index (χ1n) is 4.57. The topological polar surface area (TPSA) is 63.8 Å². The number of nitrogen functional groups attached to an aromatic ring is 1. The fourth-order valence-corrected chi connectivity index (χ4v) is 2.05. The minimum Gasteiger partial charge on any atom is -0.383 e. The summed E-state index contributed by atoms with van der Waals surface area (Å²) < 4.78 is 14.1. The Labute approximate surface area is 114 Å². The van der Waals surface area contributed by atoms with Gasteiger partial charge in [-0.1, -0.05) is 0 Å². The third-order valence-electron chi connectivity index (χ3n) is 1.89. The minimum absolute atomic E-state index is 0.322. The van der Waals surface area contributed by atoms with Gasteiger partial charge in [-0.2, -0.15) is 4.98 Å². The lowest BCUT2D eigenvalue weighted by atomic mass is 10.3. The van der Waals surface area contributed by atoms with Crippen LogP contribution in [-0.2, 0) is 0 Å². The van der Waals surface area contributed by atoms with Gasteiger partial charge < -0.3 is 11.1 Å². The van der Waals surface area contributed by atoms with E-state index in [0.29, 0.717) is 26.5 Å². The number of nitrogens with zero attached hydrogens (tertiary/aromatic N) is 2. The van der Waals surface area contributed by atoms with Crippen molar-refractivity contribution < 1.29 is 4.39 Å². The second-order valence-corrected chi connectivity index (χ2v) is 4.86. The number of hydrogen-bond acceptors (Lipinski definition) is 4. The SMILES string of the molecule is Nc1cc(Br)nc(Nc2ccc(F)cc2Br)n1. The van der Waals surface area contributed by atoms with E-state index in [4.69, 9.17) is 5.73 Å². The smallest absolute Gasteiger partial charge is 0.230 e. The van der Waals surface area contributed by atoms with E-state index in [1.807, 2.05) is 0 Å². The Balaban J connectivity index is 2.31. The van der Waals surface area contributed by atoms with Crippen LogP contribution in [-0.4, -0.2) is 9.97 Å². The van der Waals surface area contributed by atoms with Crippen molar-refractivity contribution in [2.75, 3.05) is 11.1 Å². The van der Waals surface area contributed by atoms with Crippen LogP contribution in [0.2, 0.25) is 0 Å². The predicted octanol–water partition coefficient (Wildman–Crippen LogP) is 3.47. The molecule has 4 nitrogen and oxygen atoms in total. The highest BCUT2D eigenvalue weighted by Crippen LogP contribution is 2.26. The number of hydrogen-bond donors (Lipinski definition) is 2. The van der Waals surface area contributed by atoms with Gasteiger partial charge in [-0.05, 0) is 50.1 Å². The van der Waals surface area contributed by atoms with Crippen LogP contribution in [0.4, 0.5) is 21.8 Å². The Bertz CT molecular complexity index is 542. The van der Waals surface area contributed by atoms with E-state index in [9.17, 15) is 4.39 Å². The zero-order valence-electron chi connectivity index (χ0n) is 8.42. The zero-order valence-corrected chi connectivity index (χ0v) is 11.6. The Morgan fingerprint density at radius 3 is 2.59 bits per heavy atom. The predicted molar refractivity (Wildman–Crippen MR) is 71.5 cm³/mol. The molecule has 0 radical (unpaired) electrons. The van der Waals surface area contributed by atoms with Gasteiger partial charge in [-0.25, -0.2) is 9.37 Å². The lowest BCUT2D eigenvalue weighted by Gasteiger charge is -2.07. The molecule has 0 fully saturated rings. The van der Waals surface area contributed by atoms with Gasteiger partial charge in [0.1, 0.15) is 16.2 Å². The van der Waals surface area contributed by atoms with Gasteiger partial charge in [0.25, 0.3) is 0 Å². The molecule has 0 aliphatic carbocycles. The van der Waals surface area contributed by atoms with Crippen LogP contribution in [0.25, 0.3) is 0 Å². The second-order valence-electron chi connectivity index (χ2n) is 3.19. The average molecular weight is 362 g/mol. The second kappa shape index (κ2) is 4.97. The molecule has 0 bridgehead atoms. The number of anilines is 3. The van der Waals surface area contributed by atoms with Crippen LogP contribution >= 0.6 is 31.9 Å². The van der Waals surface area contributed by atoms with Gasteiger partial charge in [-0.3, -0.25) is 0 Å². The monoisotopic (exact) mass is 360 g/mol. The van der Waals surface area contributed by atoms with E-state index in [2.05, 4.69) is 47.1 Å². The Kier molecular flexibility index (Phi) is 3.58. The summed E-state index contributed by atoms with van der Waals surface area (Å²) in [6, 6.07) is 5.86. The molecular weight excluding hydrogens is 355 g/mol. The maximum absolute atomic E-state index is 12.9. The van der Waals surface area contributed by atoms with Crippen molar-refractivity contribution in [2.45, 2.75) is 0 Å². The van der Waals surface area contributed by atoms with Crippen LogP contribution in [0.3, 0.4) is 0 Å². The van der Waals surface area contributed by atoms with E-state index in [1.165, 1.54) is 12.1 Å². The highest BCUT2D eigenvalue weighted by molar-refractivity contribution is 9.10. The summed E-state index contributed by atoms with van der Waals surface area (Å²) in [6.07, 6.45) is 0. The molecule has 0 unspecified atom stereocenters. The van der Waals surface area contributed by atoms with Gasteiger partial charge in [0.05, 0.1) is 5.69 Å². The van der Waals surface area contributed by atoms with Crippen LogP contribution in [0.5, 0.6) is 0 Å². The van der Waals surface area contributed by atoms with E-state index in [0.717, 1.165) is 0 Å². The summed E-state index contributed by atoms with van der Waals surface area (Å²) in [4.78, 5) is 8.10. The first kappa shape index (κ1) is 12.3. The van der Waals surface area contributed by atoms with E-state index >= 15 is 0 Å². The average Bonchev–Trinajstić information content (AvgIpc) is 2.21. The first-order valence-corrected chi connectivity index (χ1v) is 6.15. The number of rotatable bonds is 2. The molecule has 2 aromatic rings. The summed E-state index contributed by atoms with van der Waals surface area (Å²) >= 11 is 6.45. The zero-order chi connectivity index (χ0) is 12.4. The normalized spacial score (nSPS) is 10.3. The maximum atomic E-state index is 12.9. The van der Waals surface area contributed by atoms with Gasteiger partial charge >= 0.3 is 0 Å². The summed E-state index contributed by atoms with van der Waals surface area (Å²) in [7, 11) is 0. The number of benzene rings is 1. The third-order valence-corrected chi connectivity index (χ3v) is 2.95. The van der Waals surface area contributed by atoms with E-state index < -0.39 is 0 Å². The van der Waals surface area contributed by atoms with E-state index in [-0.39, 0.29) is 5.82 Å². The van der Waals surface area contributed by atoms with Crippen LogP contribution < -0.4 is 11.1 Å². The number of halogens is 3. The quantitative estimate of drug-likeness (QED) is 0.804. The molecule has 0 atom stereocenters. The van der Waals surface area contributed by atoms with Crippen molar-refractivity contribution >= 4 is 49.3 Å². The van der Waals surface area contributed by atoms with Crippen LogP contribution in [0, 0.1) is 5.82 Å². The van der Waals surface area contributed by atoms with Gasteiger partial charge in [-0.15, -0.1) is 0 Å². The highest BCUT2D eigenvalue weighted by Gasteiger charge is 2.05. The maximum Gasteiger partial charge on any atom is 0.230 e. The molecule has 0 aliphatic heterocycles. The molecule has 0 saturated carbocycles. The van der Waals surface area contributed by atoms with Gasteiger partial charge in [0, 0.05) is 10.5 Å². The minimum atomic E-state index is -0.322. The Hall–Kier alpha value is -1.21. The summed E-state index contributed by atoms with van der Waals surface area (Å²) in [5.74, 6) is 0.355. The van der Waals surface area contributed by atoms with Crippen molar-refractivity contribution in [3.63, 3.8) is 0 Å². The Morgan fingerprint density at radius 1 is 1.18 bits per heavy atom. The third kappa shape index (κ3) is 3.13. The number of aromatic nitrogens is 2. The van der Waals surface area contributed by atoms with Gasteiger partial charge in [0.2, 0.25) is 5.95 Å². The molecule has 3 N–H and O–H groups in total. The molecule has 2 rings (SSSR count). The summed E-state index contributed by atoms with van der Waals surface area (Å²) in [5.41, 5.74) is 6.24. The van der Waals surface area contributed by atoms with Crippen molar-refractivity contribution in [2.24, 2.45) is 0 Å². The fraction of sp³-hybridized carbons (Fsp3) is 0. The molecule has 88 valence electrons. The molecule has 1 heterocycles. The summed E-state index contributed by atoms with van der Waals surface area (Å²) in [6.45, 7) is 0.